The molecule has 1 aliphatic heterocycles. The third-order valence-corrected chi connectivity index (χ3v) is 4.12. The fourth-order valence-electron chi connectivity index (χ4n) is 2.47. The first-order valence-corrected chi connectivity index (χ1v) is 7.97. The van der Waals surface area contributed by atoms with Crippen molar-refractivity contribution in [2.45, 2.75) is 25.3 Å². The zero-order valence-corrected chi connectivity index (χ0v) is 13.4. The Morgan fingerprint density at radius 2 is 2.05 bits per heavy atom. The normalized spacial score (nSPS) is 17.8. The van der Waals surface area contributed by atoms with Crippen LogP contribution in [0.25, 0.3) is 0 Å². The Kier molecular flexibility index (Phi) is 5.76. The van der Waals surface area contributed by atoms with Crippen LogP contribution in [0.2, 0.25) is 0 Å². The molecule has 21 heavy (non-hydrogen) atoms. The number of carbonyl (C=O) groups is 2. The highest BCUT2D eigenvalue weighted by atomic mass is 79.9. The molecule has 2 amide bonds. The summed E-state index contributed by atoms with van der Waals surface area (Å²) in [7, 11) is 0. The van der Waals surface area contributed by atoms with Crippen LogP contribution in [0.4, 0.5) is 0 Å². The Balaban J connectivity index is 2.02. The number of hydrogen-bond acceptors (Lipinski definition) is 3. The summed E-state index contributed by atoms with van der Waals surface area (Å²) in [6.07, 6.45) is 2.33. The van der Waals surface area contributed by atoms with Crippen molar-refractivity contribution in [2.75, 3.05) is 19.6 Å². The minimum absolute atomic E-state index is 0.0774. The summed E-state index contributed by atoms with van der Waals surface area (Å²) in [5, 5.41) is 2.85. The topological polar surface area (TPSA) is 75.4 Å². The average Bonchev–Trinajstić information content (AvgIpc) is 2.97. The number of hydrogen-bond donors (Lipinski definition) is 2. The molecule has 0 saturated carbocycles. The first kappa shape index (κ1) is 16.0. The van der Waals surface area contributed by atoms with Gasteiger partial charge in [0.25, 0.3) is 5.91 Å². The summed E-state index contributed by atoms with van der Waals surface area (Å²) >= 11 is 3.35. The van der Waals surface area contributed by atoms with Gasteiger partial charge in [-0.3, -0.25) is 9.59 Å². The van der Waals surface area contributed by atoms with E-state index in [1.54, 1.807) is 17.0 Å². The molecule has 3 N–H and O–H groups in total. The van der Waals surface area contributed by atoms with Crippen LogP contribution in [-0.4, -0.2) is 42.4 Å². The van der Waals surface area contributed by atoms with Gasteiger partial charge >= 0.3 is 0 Å². The standard InChI is InChI=1S/C15H20BrN3O2/c16-12-6-4-11(5-7-12)15(21)19-10-1-3-13(19)14(20)18-9-2-8-17/h4-7,13H,1-3,8-10,17H2,(H,18,20). The maximum atomic E-state index is 12.5. The molecule has 0 radical (unpaired) electrons. The molecule has 1 atom stereocenters. The number of rotatable bonds is 5. The Morgan fingerprint density at radius 1 is 1.33 bits per heavy atom. The van der Waals surface area contributed by atoms with Crippen LogP contribution >= 0.6 is 15.9 Å². The molecule has 0 spiro atoms. The summed E-state index contributed by atoms with van der Waals surface area (Å²) in [4.78, 5) is 26.3. The minimum Gasteiger partial charge on any atom is -0.354 e. The lowest BCUT2D eigenvalue weighted by Gasteiger charge is -2.24. The maximum Gasteiger partial charge on any atom is 0.254 e. The molecule has 5 nitrogen and oxygen atoms in total. The zero-order valence-electron chi connectivity index (χ0n) is 11.8. The van der Waals surface area contributed by atoms with Crippen molar-refractivity contribution in [3.8, 4) is 0 Å². The van der Waals surface area contributed by atoms with Gasteiger partial charge in [0.2, 0.25) is 5.91 Å². The monoisotopic (exact) mass is 353 g/mol. The van der Waals surface area contributed by atoms with Gasteiger partial charge < -0.3 is 16.0 Å². The van der Waals surface area contributed by atoms with Gasteiger partial charge in [-0.15, -0.1) is 0 Å². The van der Waals surface area contributed by atoms with Crippen LogP contribution in [0.5, 0.6) is 0 Å². The van der Waals surface area contributed by atoms with E-state index in [1.165, 1.54) is 0 Å². The van der Waals surface area contributed by atoms with Crippen molar-refractivity contribution in [1.82, 2.24) is 10.2 Å². The summed E-state index contributed by atoms with van der Waals surface area (Å²) < 4.78 is 0.927. The van der Waals surface area contributed by atoms with E-state index in [4.69, 9.17) is 5.73 Å². The second-order valence-corrected chi connectivity index (χ2v) is 6.01. The number of carbonyl (C=O) groups excluding carboxylic acids is 2. The third-order valence-electron chi connectivity index (χ3n) is 3.59. The molecular formula is C15H20BrN3O2. The van der Waals surface area contributed by atoms with Crippen molar-refractivity contribution in [1.29, 1.82) is 0 Å². The first-order chi connectivity index (χ1) is 10.1. The molecule has 0 aliphatic carbocycles. The van der Waals surface area contributed by atoms with Crippen LogP contribution in [-0.2, 0) is 4.79 Å². The lowest BCUT2D eigenvalue weighted by atomic mass is 10.1. The first-order valence-electron chi connectivity index (χ1n) is 7.18. The van der Waals surface area contributed by atoms with Crippen molar-refractivity contribution >= 4 is 27.7 Å². The van der Waals surface area contributed by atoms with E-state index < -0.39 is 0 Å². The summed E-state index contributed by atoms with van der Waals surface area (Å²) in [5.41, 5.74) is 6.02. The van der Waals surface area contributed by atoms with Crippen molar-refractivity contribution in [3.63, 3.8) is 0 Å². The number of nitrogens with zero attached hydrogens (tertiary/aromatic N) is 1. The van der Waals surface area contributed by atoms with E-state index in [1.807, 2.05) is 12.1 Å². The van der Waals surface area contributed by atoms with Gasteiger partial charge in [0, 0.05) is 23.1 Å². The lowest BCUT2D eigenvalue weighted by molar-refractivity contribution is -0.124. The molecule has 0 aromatic heterocycles. The highest BCUT2D eigenvalue weighted by Gasteiger charge is 2.34. The maximum absolute atomic E-state index is 12.5. The van der Waals surface area contributed by atoms with Crippen LogP contribution in [0.15, 0.2) is 28.7 Å². The van der Waals surface area contributed by atoms with E-state index >= 15 is 0 Å². The van der Waals surface area contributed by atoms with Crippen LogP contribution < -0.4 is 11.1 Å². The van der Waals surface area contributed by atoms with E-state index in [9.17, 15) is 9.59 Å². The highest BCUT2D eigenvalue weighted by molar-refractivity contribution is 9.10. The molecule has 1 fully saturated rings. The number of likely N-dealkylation sites (tertiary alicyclic amines) is 1. The van der Waals surface area contributed by atoms with Gasteiger partial charge in [-0.1, -0.05) is 15.9 Å². The molecule has 1 heterocycles. The minimum atomic E-state index is -0.362. The molecule has 2 rings (SSSR count). The molecule has 1 saturated heterocycles. The Bertz CT molecular complexity index is 504. The Labute approximate surface area is 133 Å². The second kappa shape index (κ2) is 7.56. The average molecular weight is 354 g/mol. The van der Waals surface area contributed by atoms with Crippen molar-refractivity contribution in [3.05, 3.63) is 34.3 Å². The largest absolute Gasteiger partial charge is 0.354 e. The molecule has 6 heteroatoms. The van der Waals surface area contributed by atoms with Crippen LogP contribution in [0.1, 0.15) is 29.6 Å². The highest BCUT2D eigenvalue weighted by Crippen LogP contribution is 2.21. The van der Waals surface area contributed by atoms with Gasteiger partial charge in [0.05, 0.1) is 0 Å². The zero-order chi connectivity index (χ0) is 15.2. The fourth-order valence-corrected chi connectivity index (χ4v) is 2.74. The summed E-state index contributed by atoms with van der Waals surface area (Å²) in [5.74, 6) is -0.162. The third kappa shape index (κ3) is 4.04. The summed E-state index contributed by atoms with van der Waals surface area (Å²) in [6.45, 7) is 1.74. The number of amides is 2. The van der Waals surface area contributed by atoms with E-state index in [0.717, 1.165) is 23.7 Å². The second-order valence-electron chi connectivity index (χ2n) is 5.10. The smallest absolute Gasteiger partial charge is 0.254 e. The predicted octanol–water partition coefficient (Wildman–Crippen LogP) is 1.52. The van der Waals surface area contributed by atoms with Gasteiger partial charge in [0.15, 0.2) is 0 Å². The number of nitrogens with one attached hydrogen (secondary N) is 1. The molecule has 1 aromatic rings. The van der Waals surface area contributed by atoms with Crippen LogP contribution in [0.3, 0.4) is 0 Å². The Morgan fingerprint density at radius 3 is 2.71 bits per heavy atom. The number of benzene rings is 1. The van der Waals surface area contributed by atoms with Gasteiger partial charge in [-0.05, 0) is 50.1 Å². The molecule has 1 aromatic carbocycles. The van der Waals surface area contributed by atoms with Crippen LogP contribution in [0, 0.1) is 0 Å². The lowest BCUT2D eigenvalue weighted by Crippen LogP contribution is -2.46. The number of halogens is 1. The van der Waals surface area contributed by atoms with Gasteiger partial charge in [0.1, 0.15) is 6.04 Å². The molecule has 1 unspecified atom stereocenters. The van der Waals surface area contributed by atoms with Gasteiger partial charge in [-0.2, -0.15) is 0 Å². The Hall–Kier alpha value is -1.40. The molecule has 0 bridgehead atoms. The number of nitrogens with two attached hydrogens (primary N) is 1. The predicted molar refractivity (Wildman–Crippen MR) is 84.9 cm³/mol. The SMILES string of the molecule is NCCCNC(=O)C1CCCN1C(=O)c1ccc(Br)cc1. The quantitative estimate of drug-likeness (QED) is 0.788. The molecule has 114 valence electrons. The molecule has 1 aliphatic rings. The fraction of sp³-hybridized carbons (Fsp3) is 0.467. The van der Waals surface area contributed by atoms with Gasteiger partial charge in [-0.25, -0.2) is 0 Å². The van der Waals surface area contributed by atoms with E-state index in [2.05, 4.69) is 21.2 Å². The van der Waals surface area contributed by atoms with Crippen molar-refractivity contribution in [2.24, 2.45) is 5.73 Å². The van der Waals surface area contributed by atoms with E-state index in [-0.39, 0.29) is 17.9 Å². The summed E-state index contributed by atoms with van der Waals surface area (Å²) in [6, 6.07) is 6.85. The van der Waals surface area contributed by atoms with Crippen molar-refractivity contribution < 1.29 is 9.59 Å². The molecular weight excluding hydrogens is 334 g/mol. The van der Waals surface area contributed by atoms with E-state index in [0.29, 0.717) is 25.2 Å².